The molecule has 0 saturated carbocycles. The van der Waals surface area contributed by atoms with Gasteiger partial charge in [0.05, 0.1) is 11.9 Å². The van der Waals surface area contributed by atoms with Gasteiger partial charge in [0.2, 0.25) is 0 Å². The Morgan fingerprint density at radius 1 is 1.44 bits per heavy atom. The van der Waals surface area contributed by atoms with E-state index >= 15 is 0 Å². The van der Waals surface area contributed by atoms with Gasteiger partial charge in [0.15, 0.2) is 0 Å². The van der Waals surface area contributed by atoms with Gasteiger partial charge in [-0.05, 0) is 13.3 Å². The van der Waals surface area contributed by atoms with Crippen LogP contribution in [0, 0.1) is 6.92 Å². The molecular weight excluding hydrogens is 250 g/mol. The molecule has 0 atom stereocenters. The molecule has 0 unspecified atom stereocenters. The van der Waals surface area contributed by atoms with Gasteiger partial charge in [-0.25, -0.2) is 8.42 Å². The number of hydrogen-bond donors (Lipinski definition) is 1. The van der Waals surface area contributed by atoms with Crippen LogP contribution in [0.15, 0.2) is 6.20 Å². The third-order valence-electron chi connectivity index (χ3n) is 2.79. The molecule has 1 rings (SSSR count). The molecule has 0 amide bonds. The number of rotatable bonds is 7. The van der Waals surface area contributed by atoms with E-state index in [1.807, 2.05) is 17.8 Å². The first-order valence-electron chi connectivity index (χ1n) is 6.22. The molecule has 0 spiro atoms. The van der Waals surface area contributed by atoms with Crippen LogP contribution in [0.5, 0.6) is 0 Å². The van der Waals surface area contributed by atoms with Gasteiger partial charge >= 0.3 is 0 Å². The quantitative estimate of drug-likeness (QED) is 0.808. The summed E-state index contributed by atoms with van der Waals surface area (Å²) < 4.78 is 24.0. The van der Waals surface area contributed by atoms with E-state index in [-0.39, 0.29) is 5.75 Å². The molecule has 1 heterocycles. The van der Waals surface area contributed by atoms with Crippen LogP contribution in [-0.2, 0) is 22.9 Å². The zero-order chi connectivity index (χ0) is 13.8. The SMILES string of the molecule is Cc1c(CNC(C)C)cnn1CCCS(C)(=O)=O. The Morgan fingerprint density at radius 2 is 2.11 bits per heavy atom. The maximum absolute atomic E-state index is 11.0. The van der Waals surface area contributed by atoms with Gasteiger partial charge in [-0.3, -0.25) is 4.68 Å². The molecule has 0 radical (unpaired) electrons. The van der Waals surface area contributed by atoms with Crippen molar-refractivity contribution in [3.05, 3.63) is 17.5 Å². The Balaban J connectivity index is 2.53. The van der Waals surface area contributed by atoms with Crippen LogP contribution in [0.1, 0.15) is 31.5 Å². The average molecular weight is 273 g/mol. The molecule has 1 aromatic rings. The largest absolute Gasteiger partial charge is 0.310 e. The Kier molecular flexibility index (Phi) is 5.34. The molecule has 18 heavy (non-hydrogen) atoms. The van der Waals surface area contributed by atoms with Crippen molar-refractivity contribution < 1.29 is 8.42 Å². The molecule has 1 N–H and O–H groups in total. The highest BCUT2D eigenvalue weighted by Gasteiger charge is 2.08. The van der Waals surface area contributed by atoms with Gasteiger partial charge in [0, 0.05) is 36.6 Å². The van der Waals surface area contributed by atoms with E-state index in [1.165, 1.54) is 11.8 Å². The van der Waals surface area contributed by atoms with Crippen molar-refractivity contribution in [2.45, 2.75) is 46.3 Å². The van der Waals surface area contributed by atoms with Crippen molar-refractivity contribution in [1.29, 1.82) is 0 Å². The maximum Gasteiger partial charge on any atom is 0.147 e. The molecule has 0 bridgehead atoms. The fraction of sp³-hybridized carbons (Fsp3) is 0.750. The van der Waals surface area contributed by atoms with E-state index in [4.69, 9.17) is 0 Å². The minimum Gasteiger partial charge on any atom is -0.310 e. The summed E-state index contributed by atoms with van der Waals surface area (Å²) in [6, 6.07) is 0.443. The molecule has 6 heteroatoms. The summed E-state index contributed by atoms with van der Waals surface area (Å²) in [6.07, 6.45) is 3.73. The smallest absolute Gasteiger partial charge is 0.147 e. The summed E-state index contributed by atoms with van der Waals surface area (Å²) >= 11 is 0. The van der Waals surface area contributed by atoms with E-state index in [0.717, 1.165) is 12.2 Å². The summed E-state index contributed by atoms with van der Waals surface area (Å²) in [7, 11) is -2.88. The lowest BCUT2D eigenvalue weighted by atomic mass is 10.2. The molecule has 0 aliphatic carbocycles. The normalized spacial score (nSPS) is 12.3. The van der Waals surface area contributed by atoms with Crippen LogP contribution in [0.2, 0.25) is 0 Å². The summed E-state index contributed by atoms with van der Waals surface area (Å²) in [6.45, 7) is 7.68. The lowest BCUT2D eigenvalue weighted by molar-refractivity contribution is 0.563. The lowest BCUT2D eigenvalue weighted by Crippen LogP contribution is -2.22. The van der Waals surface area contributed by atoms with Gasteiger partial charge in [-0.2, -0.15) is 5.10 Å². The van der Waals surface area contributed by atoms with Crippen LogP contribution in [0.3, 0.4) is 0 Å². The third kappa shape index (κ3) is 5.18. The fourth-order valence-corrected chi connectivity index (χ4v) is 2.33. The predicted molar refractivity (Wildman–Crippen MR) is 73.3 cm³/mol. The van der Waals surface area contributed by atoms with Gasteiger partial charge < -0.3 is 5.32 Å². The number of aromatic nitrogens is 2. The van der Waals surface area contributed by atoms with E-state index in [2.05, 4.69) is 24.3 Å². The second-order valence-electron chi connectivity index (χ2n) is 5.00. The summed E-state index contributed by atoms with van der Waals surface area (Å²) in [5.74, 6) is 0.214. The van der Waals surface area contributed by atoms with E-state index in [0.29, 0.717) is 19.0 Å². The molecule has 104 valence electrons. The number of sulfone groups is 1. The predicted octanol–water partition coefficient (Wildman–Crippen LogP) is 1.12. The molecule has 0 fully saturated rings. The van der Waals surface area contributed by atoms with Gasteiger partial charge in [0.25, 0.3) is 0 Å². The zero-order valence-electron chi connectivity index (χ0n) is 11.6. The fourth-order valence-electron chi connectivity index (χ4n) is 1.67. The third-order valence-corrected chi connectivity index (χ3v) is 3.82. The van der Waals surface area contributed by atoms with Gasteiger partial charge in [-0.1, -0.05) is 13.8 Å². The number of hydrogen-bond acceptors (Lipinski definition) is 4. The summed E-state index contributed by atoms with van der Waals surface area (Å²) in [4.78, 5) is 0. The highest BCUT2D eigenvalue weighted by molar-refractivity contribution is 7.90. The van der Waals surface area contributed by atoms with Crippen LogP contribution in [0.4, 0.5) is 0 Å². The second-order valence-corrected chi connectivity index (χ2v) is 7.26. The topological polar surface area (TPSA) is 64.0 Å². The molecular formula is C12H23N3O2S. The molecule has 0 saturated heterocycles. The zero-order valence-corrected chi connectivity index (χ0v) is 12.4. The lowest BCUT2D eigenvalue weighted by Gasteiger charge is -2.08. The Morgan fingerprint density at radius 3 is 2.67 bits per heavy atom. The number of nitrogens with one attached hydrogen (secondary N) is 1. The molecule has 0 aliphatic rings. The minimum absolute atomic E-state index is 0.214. The van der Waals surface area contributed by atoms with Crippen molar-refractivity contribution in [1.82, 2.24) is 15.1 Å². The minimum atomic E-state index is -2.88. The Hall–Kier alpha value is -0.880. The molecule has 0 aromatic carbocycles. The number of aryl methyl sites for hydroxylation is 1. The standard InChI is InChI=1S/C12H23N3O2S/c1-10(2)13-8-12-9-14-15(11(12)3)6-5-7-18(4,16)17/h9-10,13H,5-8H2,1-4H3. The van der Waals surface area contributed by atoms with Crippen molar-refractivity contribution >= 4 is 9.84 Å². The van der Waals surface area contributed by atoms with Crippen LogP contribution >= 0.6 is 0 Å². The summed E-state index contributed by atoms with van der Waals surface area (Å²) in [5.41, 5.74) is 2.28. The second kappa shape index (κ2) is 6.33. The van der Waals surface area contributed by atoms with Crippen molar-refractivity contribution in [2.75, 3.05) is 12.0 Å². The van der Waals surface area contributed by atoms with E-state index in [1.54, 1.807) is 0 Å². The van der Waals surface area contributed by atoms with E-state index in [9.17, 15) is 8.42 Å². The Bertz CT molecular complexity index is 478. The molecule has 5 nitrogen and oxygen atoms in total. The molecule has 1 aromatic heterocycles. The van der Waals surface area contributed by atoms with Crippen molar-refractivity contribution in [2.24, 2.45) is 0 Å². The van der Waals surface area contributed by atoms with Crippen molar-refractivity contribution in [3.63, 3.8) is 0 Å². The first kappa shape index (κ1) is 15.2. The first-order chi connectivity index (χ1) is 8.29. The average Bonchev–Trinajstić information content (AvgIpc) is 2.56. The van der Waals surface area contributed by atoms with Gasteiger partial charge in [0.1, 0.15) is 9.84 Å². The van der Waals surface area contributed by atoms with Crippen LogP contribution in [-0.4, -0.2) is 36.2 Å². The van der Waals surface area contributed by atoms with Gasteiger partial charge in [-0.15, -0.1) is 0 Å². The van der Waals surface area contributed by atoms with E-state index < -0.39 is 9.84 Å². The Labute approximate surface area is 109 Å². The van der Waals surface area contributed by atoms with Crippen molar-refractivity contribution in [3.8, 4) is 0 Å². The highest BCUT2D eigenvalue weighted by atomic mass is 32.2. The summed E-state index contributed by atoms with van der Waals surface area (Å²) in [5, 5.41) is 7.64. The van der Waals surface area contributed by atoms with Crippen LogP contribution in [0.25, 0.3) is 0 Å². The van der Waals surface area contributed by atoms with Crippen LogP contribution < -0.4 is 5.32 Å². The highest BCUT2D eigenvalue weighted by Crippen LogP contribution is 2.08. The first-order valence-corrected chi connectivity index (χ1v) is 8.28. The number of nitrogens with zero attached hydrogens (tertiary/aromatic N) is 2. The monoisotopic (exact) mass is 273 g/mol. The maximum atomic E-state index is 11.0. The molecule has 0 aliphatic heterocycles.